The number of rotatable bonds is 8. The number of hydrogen-bond donors (Lipinski definition) is 2. The molecule has 7 nitrogen and oxygen atoms in total. The SMILES string of the molecule is COc1ccc(-c2n[nH]c(=S)n2CC(=O)NCCOc2ccc(C)cc2)cc1. The van der Waals surface area contributed by atoms with Gasteiger partial charge in [-0.15, -0.1) is 0 Å². The van der Waals surface area contributed by atoms with Crippen LogP contribution in [0.25, 0.3) is 11.4 Å². The molecule has 3 aromatic rings. The third kappa shape index (κ3) is 4.98. The van der Waals surface area contributed by atoms with Gasteiger partial charge in [-0.1, -0.05) is 17.7 Å². The summed E-state index contributed by atoms with van der Waals surface area (Å²) in [5, 5.41) is 9.81. The normalized spacial score (nSPS) is 10.5. The number of carbonyl (C=O) groups is 1. The lowest BCUT2D eigenvalue weighted by atomic mass is 10.2. The van der Waals surface area contributed by atoms with Crippen molar-refractivity contribution in [2.45, 2.75) is 13.5 Å². The Morgan fingerprint density at radius 1 is 1.14 bits per heavy atom. The number of aryl methyl sites for hydroxylation is 1. The second kappa shape index (κ2) is 9.18. The molecule has 0 fully saturated rings. The van der Waals surface area contributed by atoms with E-state index in [1.54, 1.807) is 11.7 Å². The third-order valence-corrected chi connectivity index (χ3v) is 4.43. The fourth-order valence-corrected chi connectivity index (χ4v) is 2.81. The maximum absolute atomic E-state index is 12.3. The van der Waals surface area contributed by atoms with Gasteiger partial charge < -0.3 is 14.8 Å². The van der Waals surface area contributed by atoms with Gasteiger partial charge in [0.25, 0.3) is 0 Å². The molecule has 0 radical (unpaired) electrons. The first-order chi connectivity index (χ1) is 13.6. The average Bonchev–Trinajstić information content (AvgIpc) is 3.07. The van der Waals surface area contributed by atoms with Crippen LogP contribution in [0.2, 0.25) is 0 Å². The van der Waals surface area contributed by atoms with Gasteiger partial charge in [-0.05, 0) is 55.5 Å². The van der Waals surface area contributed by atoms with Crippen LogP contribution in [0.3, 0.4) is 0 Å². The number of benzene rings is 2. The zero-order chi connectivity index (χ0) is 19.9. The van der Waals surface area contributed by atoms with Gasteiger partial charge in [0, 0.05) is 5.56 Å². The summed E-state index contributed by atoms with van der Waals surface area (Å²) >= 11 is 5.27. The largest absolute Gasteiger partial charge is 0.497 e. The first kappa shape index (κ1) is 19.6. The summed E-state index contributed by atoms with van der Waals surface area (Å²) in [5.74, 6) is 1.95. The van der Waals surface area contributed by atoms with Gasteiger partial charge in [0.05, 0.1) is 13.7 Å². The lowest BCUT2D eigenvalue weighted by Gasteiger charge is -2.10. The van der Waals surface area contributed by atoms with E-state index in [1.807, 2.05) is 55.5 Å². The molecule has 0 aliphatic rings. The van der Waals surface area contributed by atoms with Gasteiger partial charge in [0.15, 0.2) is 10.6 Å². The lowest BCUT2D eigenvalue weighted by Crippen LogP contribution is -2.31. The van der Waals surface area contributed by atoms with Crippen molar-refractivity contribution < 1.29 is 14.3 Å². The van der Waals surface area contributed by atoms with Crippen molar-refractivity contribution in [2.24, 2.45) is 0 Å². The molecule has 28 heavy (non-hydrogen) atoms. The van der Waals surface area contributed by atoms with Gasteiger partial charge in [0.2, 0.25) is 5.91 Å². The molecule has 0 atom stereocenters. The molecule has 3 rings (SSSR count). The minimum absolute atomic E-state index is 0.0707. The van der Waals surface area contributed by atoms with Gasteiger partial charge in [-0.3, -0.25) is 14.5 Å². The number of amides is 1. The average molecular weight is 398 g/mol. The van der Waals surface area contributed by atoms with Gasteiger partial charge in [0.1, 0.15) is 24.7 Å². The Morgan fingerprint density at radius 3 is 2.50 bits per heavy atom. The van der Waals surface area contributed by atoms with Gasteiger partial charge >= 0.3 is 0 Å². The van der Waals surface area contributed by atoms with Crippen molar-refractivity contribution in [3.05, 3.63) is 58.9 Å². The summed E-state index contributed by atoms with van der Waals surface area (Å²) in [6, 6.07) is 15.2. The smallest absolute Gasteiger partial charge is 0.240 e. The van der Waals surface area contributed by atoms with Crippen LogP contribution in [0, 0.1) is 11.7 Å². The second-order valence-electron chi connectivity index (χ2n) is 6.18. The fourth-order valence-electron chi connectivity index (χ4n) is 2.62. The topological polar surface area (TPSA) is 81.2 Å². The number of hydrogen-bond acceptors (Lipinski definition) is 5. The Balaban J connectivity index is 1.55. The van der Waals surface area contributed by atoms with Crippen molar-refractivity contribution in [3.63, 3.8) is 0 Å². The minimum Gasteiger partial charge on any atom is -0.497 e. The van der Waals surface area contributed by atoms with Crippen LogP contribution in [0.15, 0.2) is 48.5 Å². The number of aromatic nitrogens is 3. The molecule has 8 heteroatoms. The fraction of sp³-hybridized carbons (Fsp3) is 0.250. The van der Waals surface area contributed by atoms with Crippen molar-refractivity contribution in [1.82, 2.24) is 20.1 Å². The van der Waals surface area contributed by atoms with Crippen LogP contribution < -0.4 is 14.8 Å². The second-order valence-corrected chi connectivity index (χ2v) is 6.57. The summed E-state index contributed by atoms with van der Waals surface area (Å²) in [5.41, 5.74) is 2.01. The van der Waals surface area contributed by atoms with E-state index in [0.29, 0.717) is 23.7 Å². The number of nitrogens with zero attached hydrogens (tertiary/aromatic N) is 2. The van der Waals surface area contributed by atoms with Crippen LogP contribution >= 0.6 is 12.2 Å². The Bertz CT molecular complexity index is 978. The number of nitrogens with one attached hydrogen (secondary N) is 2. The molecule has 146 valence electrons. The molecule has 2 aromatic carbocycles. The summed E-state index contributed by atoms with van der Waals surface area (Å²) in [6.07, 6.45) is 0. The van der Waals surface area contributed by atoms with Crippen LogP contribution in [0.1, 0.15) is 5.56 Å². The predicted octanol–water partition coefficient (Wildman–Crippen LogP) is 3.12. The summed E-state index contributed by atoms with van der Waals surface area (Å²) in [6.45, 7) is 2.87. The van der Waals surface area contributed by atoms with E-state index in [0.717, 1.165) is 17.1 Å². The molecule has 0 aliphatic carbocycles. The Morgan fingerprint density at radius 2 is 1.82 bits per heavy atom. The highest BCUT2D eigenvalue weighted by Gasteiger charge is 2.12. The van der Waals surface area contributed by atoms with Crippen LogP contribution in [-0.4, -0.2) is 40.9 Å². The number of aromatic amines is 1. The molecule has 0 bridgehead atoms. The van der Waals surface area contributed by atoms with E-state index in [9.17, 15) is 4.79 Å². The number of carbonyl (C=O) groups excluding carboxylic acids is 1. The van der Waals surface area contributed by atoms with Gasteiger partial charge in [-0.25, -0.2) is 0 Å². The highest BCUT2D eigenvalue weighted by molar-refractivity contribution is 7.71. The molecule has 0 saturated carbocycles. The van der Waals surface area contributed by atoms with Crippen molar-refractivity contribution in [3.8, 4) is 22.9 Å². The molecule has 1 amide bonds. The lowest BCUT2D eigenvalue weighted by molar-refractivity contribution is -0.121. The van der Waals surface area contributed by atoms with E-state index in [4.69, 9.17) is 21.7 Å². The van der Waals surface area contributed by atoms with Crippen molar-refractivity contribution in [2.75, 3.05) is 20.3 Å². The van der Waals surface area contributed by atoms with Crippen molar-refractivity contribution in [1.29, 1.82) is 0 Å². The summed E-state index contributed by atoms with van der Waals surface area (Å²) in [4.78, 5) is 12.3. The molecular formula is C20H22N4O3S. The standard InChI is InChI=1S/C20H22N4O3S/c1-14-3-7-17(8-4-14)27-12-11-21-18(25)13-24-19(22-23-20(24)28)15-5-9-16(26-2)10-6-15/h3-10H,11-13H2,1-2H3,(H,21,25)(H,23,28). The maximum atomic E-state index is 12.3. The van der Waals surface area contributed by atoms with E-state index in [1.165, 1.54) is 5.56 Å². The number of methoxy groups -OCH3 is 1. The minimum atomic E-state index is -0.167. The first-order valence-corrected chi connectivity index (χ1v) is 9.23. The van der Waals surface area contributed by atoms with Crippen LogP contribution in [-0.2, 0) is 11.3 Å². The molecular weight excluding hydrogens is 376 g/mol. The molecule has 1 aromatic heterocycles. The van der Waals surface area contributed by atoms with Crippen LogP contribution in [0.4, 0.5) is 0 Å². The molecule has 1 heterocycles. The quantitative estimate of drug-likeness (QED) is 0.450. The van der Waals surface area contributed by atoms with E-state index in [-0.39, 0.29) is 12.5 Å². The highest BCUT2D eigenvalue weighted by atomic mass is 32.1. The zero-order valence-corrected chi connectivity index (χ0v) is 16.6. The van der Waals surface area contributed by atoms with E-state index in [2.05, 4.69) is 15.5 Å². The molecule has 2 N–H and O–H groups in total. The van der Waals surface area contributed by atoms with Crippen LogP contribution in [0.5, 0.6) is 11.5 Å². The molecule has 0 aliphatic heterocycles. The third-order valence-electron chi connectivity index (χ3n) is 4.12. The molecule has 0 unspecified atom stereocenters. The number of ether oxygens (including phenoxy) is 2. The van der Waals surface area contributed by atoms with Gasteiger partial charge in [-0.2, -0.15) is 5.10 Å². The maximum Gasteiger partial charge on any atom is 0.240 e. The predicted molar refractivity (Wildman–Crippen MR) is 109 cm³/mol. The monoisotopic (exact) mass is 398 g/mol. The zero-order valence-electron chi connectivity index (χ0n) is 15.8. The summed E-state index contributed by atoms with van der Waals surface area (Å²) in [7, 11) is 1.61. The molecule has 0 spiro atoms. The van der Waals surface area contributed by atoms with Crippen molar-refractivity contribution >= 4 is 18.1 Å². The Hall–Kier alpha value is -3.13. The number of H-pyrrole nitrogens is 1. The summed E-state index contributed by atoms with van der Waals surface area (Å²) < 4.78 is 12.8. The van der Waals surface area contributed by atoms with E-state index >= 15 is 0 Å². The first-order valence-electron chi connectivity index (χ1n) is 8.82. The highest BCUT2D eigenvalue weighted by Crippen LogP contribution is 2.20. The molecule has 0 saturated heterocycles. The Kier molecular flexibility index (Phi) is 6.44. The Labute approximate surface area is 168 Å². The van der Waals surface area contributed by atoms with E-state index < -0.39 is 0 Å².